The normalized spacial score (nSPS) is 16.3. The van der Waals surface area contributed by atoms with Crippen molar-refractivity contribution in [1.82, 2.24) is 15.1 Å². The Morgan fingerprint density at radius 3 is 2.60 bits per heavy atom. The molecule has 4 rings (SSSR count). The van der Waals surface area contributed by atoms with E-state index in [1.807, 2.05) is 67.3 Å². The van der Waals surface area contributed by atoms with Gasteiger partial charge in [-0.2, -0.15) is 0 Å². The summed E-state index contributed by atoms with van der Waals surface area (Å²) < 4.78 is 0. The number of nitrogens with one attached hydrogen (secondary N) is 1. The lowest BCUT2D eigenvalue weighted by Crippen LogP contribution is -2.39. The van der Waals surface area contributed by atoms with Crippen LogP contribution in [0.15, 0.2) is 48.5 Å². The summed E-state index contributed by atoms with van der Waals surface area (Å²) in [6.45, 7) is 5.29. The quantitative estimate of drug-likeness (QED) is 0.678. The summed E-state index contributed by atoms with van der Waals surface area (Å²) in [5, 5.41) is 12.4. The van der Waals surface area contributed by atoms with Gasteiger partial charge in [0.15, 0.2) is 0 Å². The summed E-state index contributed by atoms with van der Waals surface area (Å²) in [5.74, 6) is -0.108. The van der Waals surface area contributed by atoms with Gasteiger partial charge in [-0.25, -0.2) is 0 Å². The predicted octanol–water partition coefficient (Wildman–Crippen LogP) is 4.43. The van der Waals surface area contributed by atoms with Crippen LogP contribution in [-0.4, -0.2) is 40.0 Å². The molecular weight excluding hydrogens is 396 g/mol. The maximum atomic E-state index is 12.9. The predicted molar refractivity (Wildman–Crippen MR) is 118 cm³/mol. The van der Waals surface area contributed by atoms with Crippen LogP contribution in [0.4, 0.5) is 5.69 Å². The molecule has 7 heteroatoms. The first kappa shape index (κ1) is 20.2. The Bertz CT molecular complexity index is 1060. The molecule has 0 spiro atoms. The van der Waals surface area contributed by atoms with Gasteiger partial charge in [0.1, 0.15) is 5.01 Å². The van der Waals surface area contributed by atoms with Gasteiger partial charge >= 0.3 is 0 Å². The minimum atomic E-state index is -0.253. The summed E-state index contributed by atoms with van der Waals surface area (Å²) in [5.41, 5.74) is 3.60. The number of aryl methyl sites for hydroxylation is 2. The number of hydrogen-bond acceptors (Lipinski definition) is 5. The first-order chi connectivity index (χ1) is 14.5. The molecule has 1 unspecified atom stereocenters. The van der Waals surface area contributed by atoms with E-state index in [1.165, 1.54) is 11.3 Å². The number of nitrogens with zero attached hydrogens (tertiary/aromatic N) is 3. The summed E-state index contributed by atoms with van der Waals surface area (Å²) >= 11 is 1.31. The van der Waals surface area contributed by atoms with E-state index >= 15 is 0 Å². The van der Waals surface area contributed by atoms with Crippen LogP contribution in [0.3, 0.4) is 0 Å². The van der Waals surface area contributed by atoms with Crippen molar-refractivity contribution in [3.8, 4) is 0 Å². The molecule has 2 amide bonds. The van der Waals surface area contributed by atoms with E-state index in [2.05, 4.69) is 15.5 Å². The monoisotopic (exact) mass is 420 g/mol. The number of aromatic nitrogens is 2. The molecule has 1 N–H and O–H groups in total. The molecule has 0 bridgehead atoms. The lowest BCUT2D eigenvalue weighted by atomic mass is 9.98. The van der Waals surface area contributed by atoms with Crippen molar-refractivity contribution in [3.05, 3.63) is 75.2 Å². The Hall–Kier alpha value is -3.06. The minimum absolute atomic E-state index is 0.0433. The smallest absolute Gasteiger partial charge is 0.286 e. The third-order valence-corrected chi connectivity index (χ3v) is 6.47. The Morgan fingerprint density at radius 1 is 1.07 bits per heavy atom. The molecule has 1 aromatic heterocycles. The summed E-state index contributed by atoms with van der Waals surface area (Å²) in [7, 11) is 0. The Balaban J connectivity index is 1.44. The molecule has 1 aliphatic rings. The highest BCUT2D eigenvalue weighted by atomic mass is 32.1. The molecule has 1 aliphatic heterocycles. The highest BCUT2D eigenvalue weighted by Gasteiger charge is 2.28. The van der Waals surface area contributed by atoms with E-state index in [4.69, 9.17) is 0 Å². The van der Waals surface area contributed by atoms with Crippen LogP contribution < -0.4 is 5.32 Å². The zero-order valence-corrected chi connectivity index (χ0v) is 17.9. The highest BCUT2D eigenvalue weighted by Crippen LogP contribution is 2.30. The van der Waals surface area contributed by atoms with E-state index in [0.717, 1.165) is 41.2 Å². The zero-order chi connectivity index (χ0) is 21.1. The topological polar surface area (TPSA) is 75.2 Å². The average Bonchev–Trinajstić information content (AvgIpc) is 3.26. The summed E-state index contributed by atoms with van der Waals surface area (Å²) in [6.07, 6.45) is 1.85. The van der Waals surface area contributed by atoms with Gasteiger partial charge in [-0.3, -0.25) is 9.59 Å². The van der Waals surface area contributed by atoms with Crippen molar-refractivity contribution in [2.75, 3.05) is 18.4 Å². The van der Waals surface area contributed by atoms with Gasteiger partial charge in [-0.1, -0.05) is 47.2 Å². The maximum Gasteiger partial charge on any atom is 0.286 e. The van der Waals surface area contributed by atoms with Crippen molar-refractivity contribution in [2.24, 2.45) is 0 Å². The number of carbonyl (C=O) groups is 2. The second-order valence-electron chi connectivity index (χ2n) is 7.67. The molecule has 30 heavy (non-hydrogen) atoms. The number of carbonyl (C=O) groups excluding carboxylic acids is 2. The number of amides is 2. The molecule has 1 saturated heterocycles. The largest absolute Gasteiger partial charge is 0.338 e. The fourth-order valence-corrected chi connectivity index (χ4v) is 4.49. The fourth-order valence-electron chi connectivity index (χ4n) is 3.62. The van der Waals surface area contributed by atoms with Crippen molar-refractivity contribution in [1.29, 1.82) is 0 Å². The fraction of sp³-hybridized carbons (Fsp3) is 0.304. The van der Waals surface area contributed by atoms with Crippen LogP contribution in [0.5, 0.6) is 0 Å². The number of likely N-dealkylation sites (tertiary alicyclic amines) is 1. The van der Waals surface area contributed by atoms with E-state index in [-0.39, 0.29) is 17.7 Å². The molecule has 1 fully saturated rings. The first-order valence-corrected chi connectivity index (χ1v) is 10.9. The lowest BCUT2D eigenvalue weighted by Gasteiger charge is -2.31. The maximum absolute atomic E-state index is 12.9. The molecule has 1 atom stereocenters. The van der Waals surface area contributed by atoms with Gasteiger partial charge in [0.05, 0.1) is 0 Å². The molecule has 2 aromatic carbocycles. The number of piperidine rings is 1. The van der Waals surface area contributed by atoms with Gasteiger partial charge in [-0.15, -0.1) is 10.2 Å². The van der Waals surface area contributed by atoms with Crippen LogP contribution in [0.1, 0.15) is 55.1 Å². The SMILES string of the molecule is Cc1ccc(C(=O)N2CCCC(c3nnc(C(=O)Nc4ccccc4C)s3)C2)cc1. The van der Waals surface area contributed by atoms with E-state index in [9.17, 15) is 9.59 Å². The minimum Gasteiger partial charge on any atom is -0.338 e. The molecule has 6 nitrogen and oxygen atoms in total. The third kappa shape index (κ3) is 4.41. The van der Waals surface area contributed by atoms with Crippen molar-refractivity contribution in [2.45, 2.75) is 32.6 Å². The third-order valence-electron chi connectivity index (χ3n) is 5.38. The van der Waals surface area contributed by atoms with Gasteiger partial charge in [0.25, 0.3) is 11.8 Å². The first-order valence-electron chi connectivity index (χ1n) is 10.1. The second kappa shape index (κ2) is 8.75. The van der Waals surface area contributed by atoms with Gasteiger partial charge in [0.2, 0.25) is 5.01 Å². The number of hydrogen-bond donors (Lipinski definition) is 1. The van der Waals surface area contributed by atoms with Gasteiger partial charge in [-0.05, 0) is 50.5 Å². The number of para-hydroxylation sites is 1. The van der Waals surface area contributed by atoms with Crippen LogP contribution >= 0.6 is 11.3 Å². The van der Waals surface area contributed by atoms with Crippen LogP contribution in [0, 0.1) is 13.8 Å². The Morgan fingerprint density at radius 2 is 1.83 bits per heavy atom. The Labute approximate surface area is 180 Å². The van der Waals surface area contributed by atoms with Crippen LogP contribution in [0.2, 0.25) is 0 Å². The number of benzene rings is 2. The summed E-state index contributed by atoms with van der Waals surface area (Å²) in [6, 6.07) is 15.3. The highest BCUT2D eigenvalue weighted by molar-refractivity contribution is 7.13. The molecule has 3 aromatic rings. The van der Waals surface area contributed by atoms with Crippen molar-refractivity contribution < 1.29 is 9.59 Å². The number of anilines is 1. The van der Waals surface area contributed by atoms with Gasteiger partial charge in [0, 0.05) is 30.3 Å². The van der Waals surface area contributed by atoms with Crippen molar-refractivity contribution >= 4 is 28.8 Å². The average molecular weight is 421 g/mol. The lowest BCUT2D eigenvalue weighted by molar-refractivity contribution is 0.0706. The standard InChI is InChI=1S/C23H24N4O2S/c1-15-9-11-17(12-10-15)23(29)27-13-5-7-18(14-27)21-25-26-22(30-21)20(28)24-19-8-4-3-6-16(19)2/h3-4,6,8-12,18H,5,7,13-14H2,1-2H3,(H,24,28). The molecule has 2 heterocycles. The zero-order valence-electron chi connectivity index (χ0n) is 17.1. The molecule has 0 saturated carbocycles. The van der Waals surface area contributed by atoms with Crippen LogP contribution in [0.25, 0.3) is 0 Å². The van der Waals surface area contributed by atoms with E-state index < -0.39 is 0 Å². The Kier molecular flexibility index (Phi) is 5.90. The van der Waals surface area contributed by atoms with E-state index in [1.54, 1.807) is 0 Å². The summed E-state index contributed by atoms with van der Waals surface area (Å²) in [4.78, 5) is 27.3. The second-order valence-corrected chi connectivity index (χ2v) is 8.68. The molecule has 0 aliphatic carbocycles. The molecular formula is C23H24N4O2S. The molecule has 154 valence electrons. The number of rotatable bonds is 4. The van der Waals surface area contributed by atoms with E-state index in [0.29, 0.717) is 17.1 Å². The molecule has 0 radical (unpaired) electrons. The van der Waals surface area contributed by atoms with Gasteiger partial charge < -0.3 is 10.2 Å². The van der Waals surface area contributed by atoms with Crippen LogP contribution in [-0.2, 0) is 0 Å². The van der Waals surface area contributed by atoms with Crippen molar-refractivity contribution in [3.63, 3.8) is 0 Å².